The van der Waals surface area contributed by atoms with Gasteiger partial charge in [-0.15, -0.1) is 0 Å². The van der Waals surface area contributed by atoms with Crippen LogP contribution in [0.3, 0.4) is 0 Å². The number of anilines is 1. The Morgan fingerprint density at radius 1 is 1.24 bits per heavy atom. The Hall–Kier alpha value is -2.59. The summed E-state index contributed by atoms with van der Waals surface area (Å²) in [6.07, 6.45) is 0. The molecule has 0 unspecified atom stereocenters. The summed E-state index contributed by atoms with van der Waals surface area (Å²) in [5.41, 5.74) is 10.2. The van der Waals surface area contributed by atoms with Crippen LogP contribution < -0.4 is 5.73 Å². The van der Waals surface area contributed by atoms with Gasteiger partial charge in [-0.1, -0.05) is 6.58 Å². The summed E-state index contributed by atoms with van der Waals surface area (Å²) in [5, 5.41) is 18.1. The summed E-state index contributed by atoms with van der Waals surface area (Å²) in [6.45, 7) is 7.56. The minimum Gasteiger partial charge on any atom is -0.383 e. The number of pyridine rings is 1. The maximum atomic E-state index is 9.11. The van der Waals surface area contributed by atoms with Crippen LogP contribution >= 0.6 is 0 Å². The lowest BCUT2D eigenvalue weighted by atomic mass is 9.98. The fourth-order valence-corrected chi connectivity index (χ4v) is 2.07. The van der Waals surface area contributed by atoms with Crippen LogP contribution in [0.2, 0.25) is 0 Å². The molecule has 0 aliphatic heterocycles. The Balaban J connectivity index is 2.89. The minimum atomic E-state index is 0.166. The highest BCUT2D eigenvalue weighted by Crippen LogP contribution is 2.41. The first-order valence-corrected chi connectivity index (χ1v) is 5.04. The molecule has 1 aliphatic carbocycles. The summed E-state index contributed by atoms with van der Waals surface area (Å²) < 4.78 is 0. The number of aromatic nitrogens is 1. The van der Waals surface area contributed by atoms with Gasteiger partial charge in [-0.25, -0.2) is 4.98 Å². The molecule has 0 saturated heterocycles. The predicted octanol–water partition coefficient (Wildman–Crippen LogP) is 2.17. The topological polar surface area (TPSA) is 86.5 Å². The number of hydrogen-bond donors (Lipinski definition) is 1. The van der Waals surface area contributed by atoms with Gasteiger partial charge in [-0.2, -0.15) is 10.5 Å². The van der Waals surface area contributed by atoms with Gasteiger partial charge in [-0.3, -0.25) is 0 Å². The molecule has 1 aromatic rings. The van der Waals surface area contributed by atoms with Crippen LogP contribution in [0.15, 0.2) is 12.2 Å². The lowest BCUT2D eigenvalue weighted by molar-refractivity contribution is 1.22. The number of nitrogen functional groups attached to an aromatic ring is 1. The van der Waals surface area contributed by atoms with Crippen molar-refractivity contribution in [1.29, 1.82) is 10.5 Å². The van der Waals surface area contributed by atoms with E-state index in [0.29, 0.717) is 16.8 Å². The van der Waals surface area contributed by atoms with Crippen molar-refractivity contribution in [3.8, 4) is 12.1 Å². The Bertz CT molecular complexity index is 666. The maximum Gasteiger partial charge on any atom is 0.142 e. The Kier molecular flexibility index (Phi) is 2.22. The molecule has 0 amide bonds. The van der Waals surface area contributed by atoms with Crippen molar-refractivity contribution in [2.45, 2.75) is 13.8 Å². The van der Waals surface area contributed by atoms with Gasteiger partial charge in [0.05, 0.1) is 16.8 Å². The average molecular weight is 222 g/mol. The zero-order chi connectivity index (χ0) is 12.7. The number of rotatable bonds is 0. The standard InChI is InChI=1S/C13H10N4/c1-6-7(2)11-8(3)10(5-15)13(16)17-12(11)9(6)4-14/h2H2,1,3H3,(H2,16,17). The van der Waals surface area contributed by atoms with Crippen molar-refractivity contribution in [1.82, 2.24) is 4.98 Å². The summed E-state index contributed by atoms with van der Waals surface area (Å²) in [4.78, 5) is 4.15. The number of nitrogens with zero attached hydrogens (tertiary/aromatic N) is 3. The Morgan fingerprint density at radius 2 is 1.88 bits per heavy atom. The van der Waals surface area contributed by atoms with Crippen molar-refractivity contribution in [2.24, 2.45) is 0 Å². The van der Waals surface area contributed by atoms with E-state index >= 15 is 0 Å². The number of hydrogen-bond acceptors (Lipinski definition) is 4. The number of nitriles is 2. The number of nitrogens with two attached hydrogens (primary N) is 1. The van der Waals surface area contributed by atoms with Crippen LogP contribution in [0.4, 0.5) is 5.82 Å². The molecule has 1 aromatic heterocycles. The lowest BCUT2D eigenvalue weighted by Crippen LogP contribution is -2.03. The highest BCUT2D eigenvalue weighted by atomic mass is 14.9. The molecule has 2 N–H and O–H groups in total. The first-order chi connectivity index (χ1) is 8.02. The zero-order valence-corrected chi connectivity index (χ0v) is 9.63. The van der Waals surface area contributed by atoms with Crippen LogP contribution in [0.1, 0.15) is 29.3 Å². The molecule has 0 bridgehead atoms. The fourth-order valence-electron chi connectivity index (χ4n) is 2.07. The Morgan fingerprint density at radius 3 is 2.41 bits per heavy atom. The van der Waals surface area contributed by atoms with Gasteiger partial charge in [0, 0.05) is 5.56 Å². The van der Waals surface area contributed by atoms with E-state index in [0.717, 1.165) is 22.3 Å². The molecule has 17 heavy (non-hydrogen) atoms. The SMILES string of the molecule is C=C1C(C)=C(C#N)c2nc(N)c(C#N)c(C)c21. The van der Waals surface area contributed by atoms with E-state index < -0.39 is 0 Å². The average Bonchev–Trinajstić information content (AvgIpc) is 2.52. The molecule has 4 nitrogen and oxygen atoms in total. The van der Waals surface area contributed by atoms with Crippen LogP contribution in [-0.4, -0.2) is 4.98 Å². The van der Waals surface area contributed by atoms with Gasteiger partial charge in [0.25, 0.3) is 0 Å². The molecule has 1 heterocycles. The van der Waals surface area contributed by atoms with Gasteiger partial charge < -0.3 is 5.73 Å². The van der Waals surface area contributed by atoms with E-state index in [2.05, 4.69) is 17.6 Å². The molecule has 0 radical (unpaired) electrons. The van der Waals surface area contributed by atoms with E-state index in [9.17, 15) is 0 Å². The Labute approximate surface area is 99.3 Å². The van der Waals surface area contributed by atoms with Crippen LogP contribution in [-0.2, 0) is 0 Å². The smallest absolute Gasteiger partial charge is 0.142 e. The quantitative estimate of drug-likeness (QED) is 0.728. The van der Waals surface area contributed by atoms with Crippen LogP contribution in [0.5, 0.6) is 0 Å². The summed E-state index contributed by atoms with van der Waals surface area (Å²) in [7, 11) is 0. The summed E-state index contributed by atoms with van der Waals surface area (Å²) in [6, 6.07) is 4.14. The number of allylic oxidation sites excluding steroid dienone is 3. The second-order valence-electron chi connectivity index (χ2n) is 3.92. The van der Waals surface area contributed by atoms with E-state index in [1.165, 1.54) is 0 Å². The highest BCUT2D eigenvalue weighted by Gasteiger charge is 2.28. The zero-order valence-electron chi connectivity index (χ0n) is 9.63. The summed E-state index contributed by atoms with van der Waals surface area (Å²) >= 11 is 0. The molecule has 0 saturated carbocycles. The molecular formula is C13H10N4. The minimum absolute atomic E-state index is 0.166. The molecule has 0 aromatic carbocycles. The van der Waals surface area contributed by atoms with Crippen LogP contribution in [0.25, 0.3) is 11.1 Å². The lowest BCUT2D eigenvalue weighted by Gasteiger charge is -2.09. The van der Waals surface area contributed by atoms with Gasteiger partial charge in [0.2, 0.25) is 0 Å². The van der Waals surface area contributed by atoms with Gasteiger partial charge in [-0.05, 0) is 30.6 Å². The second kappa shape index (κ2) is 3.47. The summed E-state index contributed by atoms with van der Waals surface area (Å²) in [5.74, 6) is 0.166. The van der Waals surface area contributed by atoms with Crippen LogP contribution in [0, 0.1) is 29.6 Å². The fraction of sp³-hybridized carbons (Fsp3) is 0.154. The van der Waals surface area contributed by atoms with Crippen molar-refractivity contribution >= 4 is 17.0 Å². The molecule has 4 heteroatoms. The van der Waals surface area contributed by atoms with Crippen molar-refractivity contribution in [3.63, 3.8) is 0 Å². The first-order valence-electron chi connectivity index (χ1n) is 5.04. The molecule has 82 valence electrons. The third kappa shape index (κ3) is 1.25. The third-order valence-corrected chi connectivity index (χ3v) is 3.07. The normalized spacial score (nSPS) is 13.3. The van der Waals surface area contributed by atoms with E-state index in [1.807, 2.05) is 13.0 Å². The molecular weight excluding hydrogens is 212 g/mol. The van der Waals surface area contributed by atoms with Gasteiger partial charge >= 0.3 is 0 Å². The third-order valence-electron chi connectivity index (χ3n) is 3.07. The highest BCUT2D eigenvalue weighted by molar-refractivity contribution is 6.03. The van der Waals surface area contributed by atoms with E-state index in [-0.39, 0.29) is 5.82 Å². The first kappa shape index (κ1) is 10.9. The predicted molar refractivity (Wildman–Crippen MR) is 65.3 cm³/mol. The monoisotopic (exact) mass is 222 g/mol. The van der Waals surface area contributed by atoms with E-state index in [1.54, 1.807) is 6.92 Å². The molecule has 0 spiro atoms. The maximum absolute atomic E-state index is 9.11. The number of fused-ring (bicyclic) bond motifs is 1. The largest absolute Gasteiger partial charge is 0.383 e. The van der Waals surface area contributed by atoms with Gasteiger partial charge in [0.15, 0.2) is 0 Å². The molecule has 1 aliphatic rings. The van der Waals surface area contributed by atoms with E-state index in [4.69, 9.17) is 16.3 Å². The van der Waals surface area contributed by atoms with Gasteiger partial charge in [0.1, 0.15) is 18.0 Å². The second-order valence-corrected chi connectivity index (χ2v) is 3.92. The van der Waals surface area contributed by atoms with Crippen molar-refractivity contribution in [3.05, 3.63) is 34.5 Å². The molecule has 0 fully saturated rings. The van der Waals surface area contributed by atoms with Crippen molar-refractivity contribution in [2.75, 3.05) is 5.73 Å². The molecule has 0 atom stereocenters. The molecule has 2 rings (SSSR count). The van der Waals surface area contributed by atoms with Crippen molar-refractivity contribution < 1.29 is 0 Å².